The number of halogens is 4. The average Bonchev–Trinajstić information content (AvgIpc) is 3.14. The number of ether oxygens (including phenoxy) is 1. The summed E-state index contributed by atoms with van der Waals surface area (Å²) in [6.07, 6.45) is 18.0. The first-order valence-corrected chi connectivity index (χ1v) is 19.6. The van der Waals surface area contributed by atoms with Gasteiger partial charge in [0.05, 0.1) is 0 Å². The van der Waals surface area contributed by atoms with Crippen LogP contribution in [0.5, 0.6) is 11.5 Å². The van der Waals surface area contributed by atoms with Crippen LogP contribution >= 0.6 is 0 Å². The van der Waals surface area contributed by atoms with E-state index in [0.717, 1.165) is 48.6 Å². The van der Waals surface area contributed by atoms with E-state index in [2.05, 4.69) is 38.1 Å². The van der Waals surface area contributed by atoms with E-state index in [1.807, 2.05) is 12.1 Å². The molecule has 0 saturated heterocycles. The fourth-order valence-electron chi connectivity index (χ4n) is 8.59. The Bertz CT molecular complexity index is 1600. The Morgan fingerprint density at radius 3 is 1.27 bits per heavy atom. The van der Waals surface area contributed by atoms with Crippen molar-refractivity contribution >= 4 is 0 Å². The number of unbranched alkanes of at least 4 members (excludes halogenated alkanes) is 2. The molecule has 2 aliphatic rings. The van der Waals surface area contributed by atoms with Gasteiger partial charge in [-0.1, -0.05) is 88.8 Å². The summed E-state index contributed by atoms with van der Waals surface area (Å²) in [4.78, 5) is 0. The first kappa shape index (κ1) is 37.2. The van der Waals surface area contributed by atoms with Gasteiger partial charge >= 0.3 is 0 Å². The highest BCUT2D eigenvalue weighted by Crippen LogP contribution is 2.42. The van der Waals surface area contributed by atoms with Crippen LogP contribution < -0.4 is 4.74 Å². The molecule has 2 saturated carbocycles. The van der Waals surface area contributed by atoms with Crippen molar-refractivity contribution in [3.8, 4) is 11.5 Å². The summed E-state index contributed by atoms with van der Waals surface area (Å²) in [7, 11) is 0. The zero-order valence-electron chi connectivity index (χ0n) is 30.5. The molecule has 1 nitrogen and oxygen atoms in total. The molecule has 2 aliphatic carbocycles. The van der Waals surface area contributed by atoms with Crippen molar-refractivity contribution in [2.75, 3.05) is 0 Å². The molecule has 4 aromatic rings. The lowest BCUT2D eigenvalue weighted by molar-refractivity contribution is 0.304. The third-order valence-electron chi connectivity index (χ3n) is 11.7. The van der Waals surface area contributed by atoms with Gasteiger partial charge < -0.3 is 4.74 Å². The number of hydrogen-bond acceptors (Lipinski definition) is 1. The summed E-state index contributed by atoms with van der Waals surface area (Å²) in [6.45, 7) is 4.51. The normalized spacial score (nSPS) is 20.7. The Hall–Kier alpha value is -3.60. The topological polar surface area (TPSA) is 9.23 Å². The molecule has 0 amide bonds. The van der Waals surface area contributed by atoms with Gasteiger partial charge in [0.25, 0.3) is 0 Å². The molecule has 0 spiro atoms. The van der Waals surface area contributed by atoms with Gasteiger partial charge in [-0.3, -0.25) is 0 Å². The zero-order chi connectivity index (χ0) is 35.7. The highest BCUT2D eigenvalue weighted by molar-refractivity contribution is 5.48. The van der Waals surface area contributed by atoms with Gasteiger partial charge in [0.15, 0.2) is 23.3 Å². The largest absolute Gasteiger partial charge is 0.457 e. The molecule has 51 heavy (non-hydrogen) atoms. The van der Waals surface area contributed by atoms with Crippen LogP contribution in [0.1, 0.15) is 149 Å². The van der Waals surface area contributed by atoms with Crippen LogP contribution in [0.3, 0.4) is 0 Å². The molecule has 0 aromatic heterocycles. The summed E-state index contributed by atoms with van der Waals surface area (Å²) in [6, 6.07) is 21.0. The predicted molar refractivity (Wildman–Crippen MR) is 200 cm³/mol. The molecule has 0 heterocycles. The average molecular weight is 699 g/mol. The molecule has 5 heteroatoms. The van der Waals surface area contributed by atoms with E-state index in [9.17, 15) is 17.6 Å². The molecular formula is C46H54F4O. The first-order chi connectivity index (χ1) is 24.8. The van der Waals surface area contributed by atoms with Crippen molar-refractivity contribution in [1.29, 1.82) is 0 Å². The van der Waals surface area contributed by atoms with Crippen molar-refractivity contribution in [1.82, 2.24) is 0 Å². The maximum atomic E-state index is 14.3. The highest BCUT2D eigenvalue weighted by atomic mass is 19.2. The van der Waals surface area contributed by atoms with Gasteiger partial charge in [-0.25, -0.2) is 17.6 Å². The molecule has 0 bridgehead atoms. The molecular weight excluding hydrogens is 644 g/mol. The van der Waals surface area contributed by atoms with E-state index in [0.29, 0.717) is 47.3 Å². The first-order valence-electron chi connectivity index (χ1n) is 19.6. The van der Waals surface area contributed by atoms with Crippen molar-refractivity contribution in [3.63, 3.8) is 0 Å². The summed E-state index contributed by atoms with van der Waals surface area (Å²) in [5.74, 6) is 0.407. The van der Waals surface area contributed by atoms with Gasteiger partial charge in [0.1, 0.15) is 11.5 Å². The molecule has 4 aromatic carbocycles. The fourth-order valence-corrected chi connectivity index (χ4v) is 8.59. The SMILES string of the molecule is CCCCC1CCC(c2ccc(Oc3ccc(C4CCC(CCCC)CC4)cc3Cc3ccc(F)c(F)c3)c(Cc3ccc(F)c(F)c3)c2)CC1. The van der Waals surface area contributed by atoms with Crippen LogP contribution in [0, 0.1) is 35.1 Å². The molecule has 0 radical (unpaired) electrons. The molecule has 6 rings (SSSR count). The van der Waals surface area contributed by atoms with Crippen LogP contribution in [0.15, 0.2) is 72.8 Å². The minimum absolute atomic E-state index is 0.393. The Balaban J connectivity index is 1.30. The summed E-state index contributed by atoms with van der Waals surface area (Å²) in [5.41, 5.74) is 5.71. The maximum Gasteiger partial charge on any atom is 0.159 e. The number of rotatable bonds is 14. The van der Waals surface area contributed by atoms with Gasteiger partial charge in [0, 0.05) is 12.8 Å². The summed E-state index contributed by atoms with van der Waals surface area (Å²) in [5, 5.41) is 0. The molecule has 0 aliphatic heterocycles. The number of benzene rings is 4. The minimum Gasteiger partial charge on any atom is -0.457 e. The Morgan fingerprint density at radius 2 is 0.902 bits per heavy atom. The van der Waals surface area contributed by atoms with Crippen LogP contribution in [-0.4, -0.2) is 0 Å². The van der Waals surface area contributed by atoms with E-state index in [1.165, 1.54) is 99.6 Å². The highest BCUT2D eigenvalue weighted by Gasteiger charge is 2.25. The van der Waals surface area contributed by atoms with Crippen LogP contribution in [0.25, 0.3) is 0 Å². The summed E-state index contributed by atoms with van der Waals surface area (Å²) < 4.78 is 63.2. The van der Waals surface area contributed by atoms with E-state index in [-0.39, 0.29) is 0 Å². The van der Waals surface area contributed by atoms with Crippen LogP contribution in [0.2, 0.25) is 0 Å². The third kappa shape index (κ3) is 9.84. The van der Waals surface area contributed by atoms with Crippen molar-refractivity contribution < 1.29 is 22.3 Å². The Morgan fingerprint density at radius 1 is 0.490 bits per heavy atom. The monoisotopic (exact) mass is 698 g/mol. The second-order valence-electron chi connectivity index (χ2n) is 15.4. The Kier molecular flexibility index (Phi) is 12.9. The molecule has 2 fully saturated rings. The molecule has 0 unspecified atom stereocenters. The molecule has 0 N–H and O–H groups in total. The van der Waals surface area contributed by atoms with Crippen molar-refractivity contribution in [2.24, 2.45) is 11.8 Å². The second kappa shape index (κ2) is 17.8. The lowest BCUT2D eigenvalue weighted by Gasteiger charge is -2.30. The van der Waals surface area contributed by atoms with Gasteiger partial charge in [-0.15, -0.1) is 0 Å². The van der Waals surface area contributed by atoms with E-state index in [1.54, 1.807) is 12.1 Å². The third-order valence-corrected chi connectivity index (χ3v) is 11.7. The zero-order valence-corrected chi connectivity index (χ0v) is 30.5. The Labute approximate surface area is 302 Å². The van der Waals surface area contributed by atoms with Gasteiger partial charge in [-0.2, -0.15) is 0 Å². The lowest BCUT2D eigenvalue weighted by atomic mass is 9.76. The minimum atomic E-state index is -0.861. The van der Waals surface area contributed by atoms with E-state index < -0.39 is 23.3 Å². The van der Waals surface area contributed by atoms with Crippen molar-refractivity contribution in [3.05, 3.63) is 129 Å². The molecule has 272 valence electrons. The predicted octanol–water partition coefficient (Wildman–Crippen LogP) is 14.1. The quantitative estimate of drug-likeness (QED) is 0.119. The lowest BCUT2D eigenvalue weighted by Crippen LogP contribution is -2.14. The maximum absolute atomic E-state index is 14.3. The van der Waals surface area contributed by atoms with Gasteiger partial charge in [-0.05, 0) is 145 Å². The van der Waals surface area contributed by atoms with Crippen LogP contribution in [-0.2, 0) is 12.8 Å². The smallest absolute Gasteiger partial charge is 0.159 e. The van der Waals surface area contributed by atoms with E-state index in [4.69, 9.17) is 4.74 Å². The van der Waals surface area contributed by atoms with E-state index >= 15 is 0 Å². The number of hydrogen-bond donors (Lipinski definition) is 0. The summed E-state index contributed by atoms with van der Waals surface area (Å²) >= 11 is 0. The second-order valence-corrected chi connectivity index (χ2v) is 15.4. The van der Waals surface area contributed by atoms with Crippen molar-refractivity contribution in [2.45, 2.75) is 128 Å². The van der Waals surface area contributed by atoms with Gasteiger partial charge in [0.2, 0.25) is 0 Å². The standard InChI is InChI=1S/C46H54F4O/c1-3-5-7-31-9-15-35(16-10-31)37-19-23-45(39(29-37)25-33-13-21-41(47)43(49)27-33)51-46-24-20-38(36-17-11-32(12-18-36)8-6-4-2)30-40(46)26-34-14-22-42(48)44(50)28-34/h13-14,19-24,27-32,35-36H,3-12,15-18,25-26H2,1-2H3. The fraction of sp³-hybridized carbons (Fsp3) is 0.478. The van der Waals surface area contributed by atoms with Crippen LogP contribution in [0.4, 0.5) is 17.6 Å². The molecule has 0 atom stereocenters.